The maximum Gasteiger partial charge on any atom is 0.416 e. The largest absolute Gasteiger partial charge is 0.477 e. The van der Waals surface area contributed by atoms with Crippen molar-refractivity contribution in [2.24, 2.45) is 0 Å². The predicted octanol–water partition coefficient (Wildman–Crippen LogP) is 2.50. The average molecular weight is 346 g/mol. The zero-order valence-corrected chi connectivity index (χ0v) is 12.7. The molecule has 0 atom stereocenters. The summed E-state index contributed by atoms with van der Waals surface area (Å²) >= 11 is 0. The van der Waals surface area contributed by atoms with Crippen molar-refractivity contribution in [3.05, 3.63) is 64.6 Å². The highest BCUT2D eigenvalue weighted by Gasteiger charge is 2.32. The van der Waals surface area contributed by atoms with E-state index in [9.17, 15) is 23.1 Å². The van der Waals surface area contributed by atoms with Crippen LogP contribution in [0.25, 0.3) is 16.8 Å². The molecule has 2 heterocycles. The van der Waals surface area contributed by atoms with Crippen molar-refractivity contribution in [2.75, 3.05) is 0 Å². The van der Waals surface area contributed by atoms with E-state index in [1.54, 1.807) is 12.1 Å². The smallest absolute Gasteiger partial charge is 0.416 e. The minimum absolute atomic E-state index is 0.0812. The van der Waals surface area contributed by atoms with Crippen molar-refractivity contribution in [3.63, 3.8) is 0 Å². The summed E-state index contributed by atoms with van der Waals surface area (Å²) in [6.07, 6.45) is -3.16. The third kappa shape index (κ3) is 2.80. The number of rotatable bonds is 2. The molecule has 0 aliphatic rings. The summed E-state index contributed by atoms with van der Waals surface area (Å²) in [6.45, 7) is -0.272. The summed E-state index contributed by atoms with van der Waals surface area (Å²) in [5, 5.41) is 19.4. The number of aromatic nitrogens is 2. The molecule has 126 valence electrons. The summed E-state index contributed by atoms with van der Waals surface area (Å²) in [7, 11) is 0. The summed E-state index contributed by atoms with van der Waals surface area (Å²) in [4.78, 5) is 12.7. The third-order valence-corrected chi connectivity index (χ3v) is 3.73. The van der Waals surface area contributed by atoms with Crippen molar-refractivity contribution >= 4 is 5.65 Å². The van der Waals surface area contributed by atoms with Crippen molar-refractivity contribution < 1.29 is 22.8 Å². The van der Waals surface area contributed by atoms with E-state index in [0.29, 0.717) is 0 Å². The van der Waals surface area contributed by atoms with Crippen LogP contribution in [0.4, 0.5) is 13.2 Å². The van der Waals surface area contributed by atoms with Gasteiger partial charge in [-0.2, -0.15) is 27.4 Å². The molecule has 0 aliphatic carbocycles. The van der Waals surface area contributed by atoms with Crippen LogP contribution in [0.15, 0.2) is 53.5 Å². The molecule has 8 heteroatoms. The first-order chi connectivity index (χ1) is 11.8. The lowest BCUT2D eigenvalue weighted by Crippen LogP contribution is -2.40. The Morgan fingerprint density at radius 2 is 1.96 bits per heavy atom. The van der Waals surface area contributed by atoms with E-state index in [4.69, 9.17) is 5.26 Å². The minimum atomic E-state index is -4.58. The molecule has 25 heavy (non-hydrogen) atoms. The lowest BCUT2D eigenvalue weighted by molar-refractivity contribution is -0.668. The van der Waals surface area contributed by atoms with Crippen LogP contribution < -0.4 is 10.1 Å². The van der Waals surface area contributed by atoms with Crippen molar-refractivity contribution in [1.29, 1.82) is 5.26 Å². The maximum absolute atomic E-state index is 12.9. The van der Waals surface area contributed by atoms with E-state index >= 15 is 0 Å². The maximum atomic E-state index is 12.9. The van der Waals surface area contributed by atoms with Gasteiger partial charge in [0.2, 0.25) is 0 Å². The Morgan fingerprint density at radius 1 is 1.20 bits per heavy atom. The highest BCUT2D eigenvalue weighted by molar-refractivity contribution is 5.68. The lowest BCUT2D eigenvalue weighted by atomic mass is 10.0. The number of aromatic hydroxyl groups is 1. The number of fused-ring (bicyclic) bond motifs is 1. The Hall–Kier alpha value is -3.34. The van der Waals surface area contributed by atoms with Crippen LogP contribution in [0.2, 0.25) is 0 Å². The van der Waals surface area contributed by atoms with E-state index in [1.165, 1.54) is 22.7 Å². The quantitative estimate of drug-likeness (QED) is 0.725. The molecule has 0 spiro atoms. The van der Waals surface area contributed by atoms with Gasteiger partial charge in [0.05, 0.1) is 11.8 Å². The third-order valence-electron chi connectivity index (χ3n) is 3.73. The molecule has 3 aromatic rings. The Kier molecular flexibility index (Phi) is 3.93. The minimum Gasteiger partial charge on any atom is -0.477 e. The number of nitrogens with zero attached hydrogens (tertiary/aromatic N) is 3. The molecule has 5 nitrogen and oxygen atoms in total. The van der Waals surface area contributed by atoms with Crippen LogP contribution >= 0.6 is 0 Å². The fourth-order valence-electron chi connectivity index (χ4n) is 2.62. The van der Waals surface area contributed by atoms with Crippen molar-refractivity contribution in [1.82, 2.24) is 4.40 Å². The Bertz CT molecular complexity index is 1070. The first-order valence-corrected chi connectivity index (χ1v) is 7.15. The second kappa shape index (κ2) is 5.94. The number of nitriles is 1. The Balaban J connectivity index is 2.38. The van der Waals surface area contributed by atoms with Crippen LogP contribution in [-0.2, 0) is 12.7 Å². The van der Waals surface area contributed by atoms with Crippen molar-refractivity contribution in [2.45, 2.75) is 12.7 Å². The van der Waals surface area contributed by atoms with Crippen LogP contribution in [0.5, 0.6) is 5.88 Å². The SMILES string of the molecule is N#CC[n+]1c(O)c(-c2cccc(C(F)(F)F)c2)c(=O)n2ccccc21. The van der Waals surface area contributed by atoms with Gasteiger partial charge in [-0.05, 0) is 23.8 Å². The van der Waals surface area contributed by atoms with Gasteiger partial charge >= 0.3 is 11.7 Å². The van der Waals surface area contributed by atoms with Gasteiger partial charge in [-0.15, -0.1) is 0 Å². The highest BCUT2D eigenvalue weighted by atomic mass is 19.4. The van der Waals surface area contributed by atoms with Gasteiger partial charge < -0.3 is 5.11 Å². The van der Waals surface area contributed by atoms with E-state index in [-0.39, 0.29) is 23.3 Å². The van der Waals surface area contributed by atoms with Gasteiger partial charge in [0.15, 0.2) is 12.1 Å². The molecule has 0 bridgehead atoms. The van der Waals surface area contributed by atoms with Crippen LogP contribution in [0, 0.1) is 11.3 Å². The fourth-order valence-corrected chi connectivity index (χ4v) is 2.62. The summed E-state index contributed by atoms with van der Waals surface area (Å²) in [5.74, 6) is -0.558. The van der Waals surface area contributed by atoms with Crippen molar-refractivity contribution in [3.8, 4) is 23.1 Å². The molecule has 0 amide bonds. The van der Waals surface area contributed by atoms with Crippen LogP contribution in [-0.4, -0.2) is 9.51 Å². The predicted molar refractivity (Wildman–Crippen MR) is 81.6 cm³/mol. The van der Waals surface area contributed by atoms with Gasteiger partial charge in [0.1, 0.15) is 6.07 Å². The topological polar surface area (TPSA) is 69.4 Å². The number of hydrogen-bond donors (Lipinski definition) is 1. The number of hydrogen-bond acceptors (Lipinski definition) is 3. The normalized spacial score (nSPS) is 11.4. The second-order valence-corrected chi connectivity index (χ2v) is 5.26. The molecule has 1 aromatic carbocycles. The zero-order valence-electron chi connectivity index (χ0n) is 12.7. The molecule has 0 radical (unpaired) electrons. The second-order valence-electron chi connectivity index (χ2n) is 5.26. The molecule has 0 saturated carbocycles. The summed E-state index contributed by atoms with van der Waals surface area (Å²) < 4.78 is 41.2. The van der Waals surface area contributed by atoms with Gasteiger partial charge in [-0.3, -0.25) is 0 Å². The average Bonchev–Trinajstić information content (AvgIpc) is 2.58. The van der Waals surface area contributed by atoms with Crippen LogP contribution in [0.3, 0.4) is 0 Å². The molecule has 0 unspecified atom stereocenters. The molecular formula is C17H11F3N3O2+. The number of benzene rings is 1. The van der Waals surface area contributed by atoms with Gasteiger partial charge in [-0.25, -0.2) is 4.79 Å². The first-order valence-electron chi connectivity index (χ1n) is 7.15. The Labute approximate surface area is 139 Å². The summed E-state index contributed by atoms with van der Waals surface area (Å²) in [5.41, 5.74) is -1.75. The number of alkyl halides is 3. The highest BCUT2D eigenvalue weighted by Crippen LogP contribution is 2.32. The molecule has 2 aromatic heterocycles. The lowest BCUT2D eigenvalue weighted by Gasteiger charge is -2.10. The van der Waals surface area contributed by atoms with Crippen LogP contribution in [0.1, 0.15) is 5.56 Å². The molecule has 1 N–H and O–H groups in total. The zero-order chi connectivity index (χ0) is 18.2. The number of halogens is 3. The van der Waals surface area contributed by atoms with E-state index < -0.39 is 23.2 Å². The molecule has 0 saturated heterocycles. The Morgan fingerprint density at radius 3 is 2.64 bits per heavy atom. The fraction of sp³-hybridized carbons (Fsp3) is 0.118. The first kappa shape index (κ1) is 16.5. The van der Waals surface area contributed by atoms with Gasteiger partial charge in [-0.1, -0.05) is 18.2 Å². The van der Waals surface area contributed by atoms with E-state index in [0.717, 1.165) is 22.8 Å². The molecule has 0 fully saturated rings. The number of pyridine rings is 1. The standard InChI is InChI=1S/C17H10F3N3O2/c18-17(19,20)12-5-3-4-11(10-12)14-15(24)22-8-2-1-6-13(22)23(9-7-21)16(14)25/h1-6,8,10H,9H2/p+1. The monoisotopic (exact) mass is 346 g/mol. The van der Waals surface area contributed by atoms with Gasteiger partial charge in [0.25, 0.3) is 11.5 Å². The molecule has 3 rings (SSSR count). The van der Waals surface area contributed by atoms with E-state index in [2.05, 4.69) is 0 Å². The van der Waals surface area contributed by atoms with Gasteiger partial charge in [0, 0.05) is 6.07 Å². The summed E-state index contributed by atoms with van der Waals surface area (Å²) in [6, 6.07) is 10.7. The molecule has 0 aliphatic heterocycles. The van der Waals surface area contributed by atoms with E-state index in [1.807, 2.05) is 6.07 Å². The molecular weight excluding hydrogens is 335 g/mol.